The number of hydrogen-bond donors (Lipinski definition) is 2. The van der Waals surface area contributed by atoms with Gasteiger partial charge in [0.15, 0.2) is 0 Å². The van der Waals surface area contributed by atoms with Gasteiger partial charge in [-0.2, -0.15) is 5.10 Å². The smallest absolute Gasteiger partial charge is 0.241 e. The van der Waals surface area contributed by atoms with Gasteiger partial charge in [0.2, 0.25) is 5.91 Å². The second-order valence-electron chi connectivity index (χ2n) is 7.93. The Morgan fingerprint density at radius 3 is 2.64 bits per heavy atom. The minimum atomic E-state index is -0.150. The summed E-state index contributed by atoms with van der Waals surface area (Å²) >= 11 is 0. The van der Waals surface area contributed by atoms with Crippen LogP contribution in [0.1, 0.15) is 42.6 Å². The Hall–Kier alpha value is -2.60. The van der Waals surface area contributed by atoms with E-state index in [0.29, 0.717) is 5.92 Å². The summed E-state index contributed by atoms with van der Waals surface area (Å²) in [4.78, 5) is 18.5. The molecule has 2 N–H and O–H groups in total. The maximum atomic E-state index is 12.8. The van der Waals surface area contributed by atoms with Crippen LogP contribution >= 0.6 is 0 Å². The van der Waals surface area contributed by atoms with Crippen LogP contribution in [0.3, 0.4) is 0 Å². The van der Waals surface area contributed by atoms with E-state index in [9.17, 15) is 4.79 Å². The van der Waals surface area contributed by atoms with Crippen LogP contribution in [0.15, 0.2) is 30.5 Å². The fraction of sp³-hybridized carbons (Fsp3) is 0.455. The number of H-pyrrole nitrogens is 1. The number of amides is 1. The van der Waals surface area contributed by atoms with Crippen molar-refractivity contribution in [2.24, 2.45) is 7.05 Å². The van der Waals surface area contributed by atoms with Crippen molar-refractivity contribution >= 4 is 22.5 Å². The van der Waals surface area contributed by atoms with Crippen LogP contribution in [-0.2, 0) is 11.8 Å². The number of rotatable bonds is 4. The van der Waals surface area contributed by atoms with Gasteiger partial charge in [0.05, 0.1) is 23.1 Å². The van der Waals surface area contributed by atoms with Gasteiger partial charge in [0.25, 0.3) is 0 Å². The lowest BCUT2D eigenvalue weighted by Gasteiger charge is -2.35. The first-order valence-electron chi connectivity index (χ1n) is 10.1. The number of fused-ring (bicyclic) bond motifs is 1. The zero-order valence-electron chi connectivity index (χ0n) is 17.1. The fourth-order valence-electron chi connectivity index (χ4n) is 4.38. The summed E-state index contributed by atoms with van der Waals surface area (Å²) in [6.45, 7) is 7.78. The number of nitrogens with zero attached hydrogens (tertiary/aromatic N) is 3. The highest BCUT2D eigenvalue weighted by molar-refractivity contribution is 5.95. The molecule has 1 aromatic carbocycles. The Morgan fingerprint density at radius 1 is 1.25 bits per heavy atom. The molecule has 2 aromatic heterocycles. The average molecular weight is 380 g/mol. The van der Waals surface area contributed by atoms with Gasteiger partial charge in [0.1, 0.15) is 0 Å². The van der Waals surface area contributed by atoms with Gasteiger partial charge in [-0.1, -0.05) is 18.2 Å². The van der Waals surface area contributed by atoms with Gasteiger partial charge in [-0.25, -0.2) is 0 Å². The number of nitrogens with one attached hydrogen (secondary N) is 2. The number of likely N-dealkylation sites (tertiary alicyclic amines) is 1. The first-order chi connectivity index (χ1) is 13.5. The van der Waals surface area contributed by atoms with Crippen LogP contribution in [0.25, 0.3) is 10.9 Å². The molecule has 4 rings (SSSR count). The normalized spacial score (nSPS) is 17.1. The third kappa shape index (κ3) is 3.33. The third-order valence-corrected chi connectivity index (χ3v) is 6.28. The Balaban J connectivity index is 1.39. The van der Waals surface area contributed by atoms with E-state index >= 15 is 0 Å². The number of benzene rings is 1. The summed E-state index contributed by atoms with van der Waals surface area (Å²) in [5.74, 6) is 0.593. The molecule has 1 aliphatic rings. The predicted molar refractivity (Wildman–Crippen MR) is 113 cm³/mol. The van der Waals surface area contributed by atoms with Crippen molar-refractivity contribution in [2.75, 3.05) is 18.4 Å². The monoisotopic (exact) mass is 379 g/mol. The van der Waals surface area contributed by atoms with Crippen molar-refractivity contribution in [3.05, 3.63) is 47.4 Å². The molecule has 28 heavy (non-hydrogen) atoms. The molecule has 0 radical (unpaired) electrons. The average Bonchev–Trinajstić information content (AvgIpc) is 3.24. The molecule has 1 saturated heterocycles. The number of para-hydroxylation sites is 1. The van der Waals surface area contributed by atoms with E-state index in [-0.39, 0.29) is 11.9 Å². The van der Waals surface area contributed by atoms with Crippen molar-refractivity contribution in [2.45, 2.75) is 45.6 Å². The molecule has 0 aliphatic carbocycles. The van der Waals surface area contributed by atoms with Crippen molar-refractivity contribution in [1.82, 2.24) is 19.7 Å². The van der Waals surface area contributed by atoms with Crippen molar-refractivity contribution < 1.29 is 4.79 Å². The summed E-state index contributed by atoms with van der Waals surface area (Å²) in [5.41, 5.74) is 5.30. The molecule has 6 heteroatoms. The van der Waals surface area contributed by atoms with Crippen molar-refractivity contribution in [3.63, 3.8) is 0 Å². The Morgan fingerprint density at radius 2 is 1.96 bits per heavy atom. The molecule has 3 heterocycles. The van der Waals surface area contributed by atoms with Crippen LogP contribution in [-0.4, -0.2) is 44.7 Å². The lowest BCUT2D eigenvalue weighted by Crippen LogP contribution is -2.45. The summed E-state index contributed by atoms with van der Waals surface area (Å²) in [5, 5.41) is 8.80. The van der Waals surface area contributed by atoms with Crippen LogP contribution < -0.4 is 5.32 Å². The summed E-state index contributed by atoms with van der Waals surface area (Å²) < 4.78 is 1.81. The van der Waals surface area contributed by atoms with Gasteiger partial charge in [-0.05, 0) is 64.3 Å². The Bertz CT molecular complexity index is 994. The molecule has 148 valence electrons. The van der Waals surface area contributed by atoms with Gasteiger partial charge in [0, 0.05) is 24.1 Å². The third-order valence-electron chi connectivity index (χ3n) is 6.28. The highest BCUT2D eigenvalue weighted by Gasteiger charge is 2.29. The molecule has 1 aliphatic heterocycles. The van der Waals surface area contributed by atoms with Gasteiger partial charge >= 0.3 is 0 Å². The number of hydrogen-bond acceptors (Lipinski definition) is 3. The minimum Gasteiger partial charge on any atom is -0.361 e. The van der Waals surface area contributed by atoms with Crippen molar-refractivity contribution in [3.8, 4) is 0 Å². The van der Waals surface area contributed by atoms with E-state index < -0.39 is 0 Å². The van der Waals surface area contributed by atoms with E-state index in [0.717, 1.165) is 43.0 Å². The molecule has 1 atom stereocenters. The quantitative estimate of drug-likeness (QED) is 0.726. The van der Waals surface area contributed by atoms with E-state index in [4.69, 9.17) is 0 Å². The number of anilines is 1. The number of piperidine rings is 1. The fourth-order valence-corrected chi connectivity index (χ4v) is 4.38. The molecule has 3 aromatic rings. The van der Waals surface area contributed by atoms with Crippen LogP contribution in [0.2, 0.25) is 0 Å². The number of aromatic amines is 1. The first-order valence-corrected chi connectivity index (χ1v) is 10.1. The molecular formula is C22H29N5O. The number of carbonyl (C=O) groups excluding carboxylic acids is 1. The molecule has 0 spiro atoms. The number of carbonyl (C=O) groups is 1. The highest BCUT2D eigenvalue weighted by atomic mass is 16.2. The largest absolute Gasteiger partial charge is 0.361 e. The maximum absolute atomic E-state index is 12.8. The molecule has 0 saturated carbocycles. The predicted octanol–water partition coefficient (Wildman–Crippen LogP) is 3.72. The molecule has 6 nitrogen and oxygen atoms in total. The first kappa shape index (κ1) is 18.7. The minimum absolute atomic E-state index is 0.0461. The molecule has 1 fully saturated rings. The summed E-state index contributed by atoms with van der Waals surface area (Å²) in [7, 11) is 1.90. The molecule has 0 bridgehead atoms. The lowest BCUT2D eigenvalue weighted by atomic mass is 9.88. The molecular weight excluding hydrogens is 350 g/mol. The number of aryl methyl sites for hydroxylation is 2. The van der Waals surface area contributed by atoms with Crippen LogP contribution in [0.4, 0.5) is 5.69 Å². The SMILES string of the molecule is Cc1nn(C)c(C)c1NC(=O)C(C)N1CCC(c2c[nH]c3ccccc23)CC1. The van der Waals surface area contributed by atoms with E-state index in [1.807, 2.05) is 32.5 Å². The Labute approximate surface area is 165 Å². The lowest BCUT2D eigenvalue weighted by molar-refractivity contribution is -0.121. The van der Waals surface area contributed by atoms with E-state index in [1.54, 1.807) is 0 Å². The zero-order chi connectivity index (χ0) is 19.8. The highest BCUT2D eigenvalue weighted by Crippen LogP contribution is 2.33. The zero-order valence-corrected chi connectivity index (χ0v) is 17.1. The van der Waals surface area contributed by atoms with E-state index in [2.05, 4.69) is 50.8 Å². The Kier molecular flexibility index (Phi) is 4.98. The van der Waals surface area contributed by atoms with E-state index in [1.165, 1.54) is 16.5 Å². The molecule has 1 amide bonds. The van der Waals surface area contributed by atoms with Crippen molar-refractivity contribution in [1.29, 1.82) is 0 Å². The summed E-state index contributed by atoms with van der Waals surface area (Å²) in [6, 6.07) is 8.34. The van der Waals surface area contributed by atoms with Gasteiger partial charge in [-0.3, -0.25) is 14.4 Å². The summed E-state index contributed by atoms with van der Waals surface area (Å²) in [6.07, 6.45) is 4.31. The second kappa shape index (κ2) is 7.43. The maximum Gasteiger partial charge on any atom is 0.241 e. The number of aromatic nitrogens is 3. The second-order valence-corrected chi connectivity index (χ2v) is 7.93. The topological polar surface area (TPSA) is 66.0 Å². The standard InChI is InChI=1S/C22H29N5O/c1-14-21(15(2)26(4)25-14)24-22(28)16(3)27-11-9-17(10-12-27)19-13-23-20-8-6-5-7-18(19)20/h5-8,13,16-17,23H,9-12H2,1-4H3,(H,24,28). The van der Waals surface area contributed by atoms with Crippen LogP contribution in [0.5, 0.6) is 0 Å². The van der Waals surface area contributed by atoms with Gasteiger partial charge in [-0.15, -0.1) is 0 Å². The van der Waals surface area contributed by atoms with Gasteiger partial charge < -0.3 is 10.3 Å². The van der Waals surface area contributed by atoms with Crippen LogP contribution in [0, 0.1) is 13.8 Å². The molecule has 1 unspecified atom stereocenters.